The van der Waals surface area contributed by atoms with Crippen LogP contribution in [0.3, 0.4) is 0 Å². The molecule has 1 aromatic rings. The summed E-state index contributed by atoms with van der Waals surface area (Å²) in [5.41, 5.74) is 1.01. The van der Waals surface area contributed by atoms with Gasteiger partial charge in [0.15, 0.2) is 0 Å². The second kappa shape index (κ2) is 7.88. The van der Waals surface area contributed by atoms with E-state index in [0.29, 0.717) is 6.42 Å². The zero-order chi connectivity index (χ0) is 10.4. The predicted molar refractivity (Wildman–Crippen MR) is 50.4 cm³/mol. The summed E-state index contributed by atoms with van der Waals surface area (Å²) in [5, 5.41) is 19.6. The van der Waals surface area contributed by atoms with E-state index in [1.807, 2.05) is 30.3 Å². The molecule has 1 aromatic carbocycles. The summed E-state index contributed by atoms with van der Waals surface area (Å²) in [4.78, 5) is 10.1. The van der Waals surface area contributed by atoms with Gasteiger partial charge in [-0.2, -0.15) is 0 Å². The first-order valence-corrected chi connectivity index (χ1v) is 4.60. The van der Waals surface area contributed by atoms with Crippen LogP contribution in [0.15, 0.2) is 30.3 Å². The summed E-state index contributed by atoms with van der Waals surface area (Å²) in [6.45, 7) is 0. The van der Waals surface area contributed by atoms with Crippen molar-refractivity contribution in [2.24, 2.45) is 0 Å². The van der Waals surface area contributed by atoms with Crippen LogP contribution in [0.4, 0.5) is 0 Å². The Morgan fingerprint density at radius 2 is 1.93 bits per heavy atom. The third kappa shape index (κ3) is 6.68. The molecule has 0 aliphatic rings. The maximum absolute atomic E-state index is 10.1. The fourth-order valence-electron chi connectivity index (χ4n) is 1.27. The monoisotopic (exact) mass is 216 g/mol. The van der Waals surface area contributed by atoms with Crippen LogP contribution in [0.2, 0.25) is 0 Å². The van der Waals surface area contributed by atoms with Crippen molar-refractivity contribution in [2.75, 3.05) is 0 Å². The van der Waals surface area contributed by atoms with Crippen LogP contribution < -0.4 is 34.7 Å². The normalized spacial score (nSPS) is 11.5. The van der Waals surface area contributed by atoms with Crippen molar-refractivity contribution >= 4 is 5.97 Å². The molecule has 0 fully saturated rings. The second-order valence-corrected chi connectivity index (χ2v) is 3.25. The molecule has 15 heavy (non-hydrogen) atoms. The molecule has 0 amide bonds. The molecule has 1 atom stereocenters. The number of carboxylic acid groups (broad SMARTS) is 1. The average Bonchev–Trinajstić information content (AvgIpc) is 2.16. The minimum Gasteiger partial charge on any atom is -0.550 e. The van der Waals surface area contributed by atoms with Gasteiger partial charge >= 0.3 is 29.6 Å². The average molecular weight is 216 g/mol. The van der Waals surface area contributed by atoms with E-state index in [1.54, 1.807) is 0 Å². The first-order chi connectivity index (χ1) is 6.68. The number of carbonyl (C=O) groups is 1. The van der Waals surface area contributed by atoms with Crippen molar-refractivity contribution in [3.05, 3.63) is 35.9 Å². The van der Waals surface area contributed by atoms with Gasteiger partial charge in [-0.25, -0.2) is 0 Å². The fraction of sp³-hybridized carbons (Fsp3) is 0.364. The number of rotatable bonds is 5. The van der Waals surface area contributed by atoms with E-state index >= 15 is 0 Å². The van der Waals surface area contributed by atoms with Crippen molar-refractivity contribution in [1.29, 1.82) is 0 Å². The van der Waals surface area contributed by atoms with E-state index in [-0.39, 0.29) is 42.4 Å². The number of carboxylic acids is 1. The number of hydrogen-bond donors (Lipinski definition) is 1. The molecule has 0 bridgehead atoms. The minimum atomic E-state index is -1.11. The SMILES string of the molecule is O=C([O-])CCC(O)Cc1ccccc1.[Na+]. The summed E-state index contributed by atoms with van der Waals surface area (Å²) in [6, 6.07) is 9.49. The van der Waals surface area contributed by atoms with Crippen molar-refractivity contribution in [3.8, 4) is 0 Å². The summed E-state index contributed by atoms with van der Waals surface area (Å²) in [5.74, 6) is -1.11. The number of aliphatic hydroxyl groups excluding tert-OH is 1. The maximum Gasteiger partial charge on any atom is 1.00 e. The van der Waals surface area contributed by atoms with Crippen LogP contribution in [0, 0.1) is 0 Å². The molecule has 1 rings (SSSR count). The molecule has 0 saturated heterocycles. The first kappa shape index (κ1) is 14.6. The Balaban J connectivity index is 0.00000196. The van der Waals surface area contributed by atoms with Crippen LogP contribution in [0.25, 0.3) is 0 Å². The van der Waals surface area contributed by atoms with E-state index in [4.69, 9.17) is 0 Å². The Labute approximate surface area is 111 Å². The molecule has 0 aromatic heterocycles. The molecule has 0 aliphatic heterocycles. The topological polar surface area (TPSA) is 60.4 Å². The van der Waals surface area contributed by atoms with Gasteiger partial charge < -0.3 is 15.0 Å². The molecule has 1 unspecified atom stereocenters. The molecule has 0 saturated carbocycles. The summed E-state index contributed by atoms with van der Waals surface area (Å²) in [6.07, 6.45) is 0.0506. The van der Waals surface area contributed by atoms with Crippen molar-refractivity contribution in [2.45, 2.75) is 25.4 Å². The second-order valence-electron chi connectivity index (χ2n) is 3.25. The number of aliphatic carboxylic acids is 1. The third-order valence-corrected chi connectivity index (χ3v) is 2.00. The Bertz CT molecular complexity index is 287. The van der Waals surface area contributed by atoms with Crippen molar-refractivity contribution in [3.63, 3.8) is 0 Å². The van der Waals surface area contributed by atoms with Crippen LogP contribution in [0.5, 0.6) is 0 Å². The molecular weight excluding hydrogens is 203 g/mol. The largest absolute Gasteiger partial charge is 1.00 e. The Hall–Kier alpha value is -0.350. The summed E-state index contributed by atoms with van der Waals surface area (Å²) in [7, 11) is 0. The van der Waals surface area contributed by atoms with Crippen LogP contribution in [-0.2, 0) is 11.2 Å². The molecule has 76 valence electrons. The molecule has 3 nitrogen and oxygen atoms in total. The standard InChI is InChI=1S/C11H14O3.Na/c12-10(6-7-11(13)14)8-9-4-2-1-3-5-9;/h1-5,10,12H,6-8H2,(H,13,14);/q;+1/p-1. The number of hydrogen-bond acceptors (Lipinski definition) is 3. The third-order valence-electron chi connectivity index (χ3n) is 2.00. The van der Waals surface area contributed by atoms with E-state index in [2.05, 4.69) is 0 Å². The summed E-state index contributed by atoms with van der Waals surface area (Å²) >= 11 is 0. The molecule has 0 radical (unpaired) electrons. The van der Waals surface area contributed by atoms with Crippen molar-refractivity contribution < 1.29 is 44.6 Å². The number of carbonyl (C=O) groups excluding carboxylic acids is 1. The number of aliphatic hydroxyl groups is 1. The van der Waals surface area contributed by atoms with Gasteiger partial charge in [-0.15, -0.1) is 0 Å². The van der Waals surface area contributed by atoms with Gasteiger partial charge in [0.05, 0.1) is 6.10 Å². The molecule has 0 aliphatic carbocycles. The maximum atomic E-state index is 10.1. The Morgan fingerprint density at radius 1 is 1.33 bits per heavy atom. The van der Waals surface area contributed by atoms with E-state index in [1.165, 1.54) is 0 Å². The Morgan fingerprint density at radius 3 is 2.47 bits per heavy atom. The van der Waals surface area contributed by atoms with E-state index < -0.39 is 12.1 Å². The summed E-state index contributed by atoms with van der Waals surface area (Å²) < 4.78 is 0. The molecule has 4 heteroatoms. The van der Waals surface area contributed by atoms with Crippen LogP contribution >= 0.6 is 0 Å². The van der Waals surface area contributed by atoms with Gasteiger partial charge in [0.1, 0.15) is 0 Å². The van der Waals surface area contributed by atoms with Crippen LogP contribution in [-0.4, -0.2) is 17.2 Å². The van der Waals surface area contributed by atoms with E-state index in [0.717, 1.165) is 5.56 Å². The molecular formula is C11H13NaO3. The Kier molecular flexibility index (Phi) is 7.70. The molecule has 0 heterocycles. The predicted octanol–water partition coefficient (Wildman–Crippen LogP) is -2.88. The van der Waals surface area contributed by atoms with Gasteiger partial charge in [0, 0.05) is 5.97 Å². The van der Waals surface area contributed by atoms with Gasteiger partial charge in [0.25, 0.3) is 0 Å². The minimum absolute atomic E-state index is 0. The smallest absolute Gasteiger partial charge is 0.550 e. The first-order valence-electron chi connectivity index (χ1n) is 4.60. The van der Waals surface area contributed by atoms with E-state index in [9.17, 15) is 15.0 Å². The fourth-order valence-corrected chi connectivity index (χ4v) is 1.27. The molecule has 1 N–H and O–H groups in total. The zero-order valence-corrected chi connectivity index (χ0v) is 10.8. The van der Waals surface area contributed by atoms with Gasteiger partial charge in [-0.3, -0.25) is 0 Å². The molecule has 0 spiro atoms. The zero-order valence-electron chi connectivity index (χ0n) is 8.85. The quantitative estimate of drug-likeness (QED) is 0.538. The van der Waals surface area contributed by atoms with Gasteiger partial charge in [-0.05, 0) is 24.8 Å². The van der Waals surface area contributed by atoms with Gasteiger partial charge in [0.2, 0.25) is 0 Å². The van der Waals surface area contributed by atoms with Gasteiger partial charge in [-0.1, -0.05) is 30.3 Å². The van der Waals surface area contributed by atoms with Crippen LogP contribution in [0.1, 0.15) is 18.4 Å². The number of benzene rings is 1. The van der Waals surface area contributed by atoms with Crippen molar-refractivity contribution in [1.82, 2.24) is 0 Å².